The summed E-state index contributed by atoms with van der Waals surface area (Å²) in [5.41, 5.74) is 0. The number of nitrogens with one attached hydrogen (secondary N) is 1. The lowest BCUT2D eigenvalue weighted by atomic mass is 10.3. The Bertz CT molecular complexity index is 584. The Kier molecular flexibility index (Phi) is 6.16. The molecule has 0 spiro atoms. The van der Waals surface area contributed by atoms with Gasteiger partial charge in [-0.05, 0) is 12.1 Å². The SMILES string of the molecule is CC(=O)NC(CS(=O)(=O)CCOc1ccccc1)C(=O)O. The molecule has 1 amide bonds. The molecule has 1 aromatic rings. The van der Waals surface area contributed by atoms with Crippen LogP contribution in [0.3, 0.4) is 0 Å². The molecule has 0 aliphatic heterocycles. The van der Waals surface area contributed by atoms with Gasteiger partial charge in [-0.15, -0.1) is 0 Å². The summed E-state index contributed by atoms with van der Waals surface area (Å²) in [5, 5.41) is 11.0. The van der Waals surface area contributed by atoms with Gasteiger partial charge in [0.15, 0.2) is 9.84 Å². The van der Waals surface area contributed by atoms with Gasteiger partial charge in [-0.25, -0.2) is 13.2 Å². The van der Waals surface area contributed by atoms with Crippen LogP contribution in [-0.4, -0.2) is 49.6 Å². The number of rotatable bonds is 8. The number of ether oxygens (including phenoxy) is 1. The van der Waals surface area contributed by atoms with Crippen molar-refractivity contribution in [3.8, 4) is 5.75 Å². The largest absolute Gasteiger partial charge is 0.493 e. The van der Waals surface area contributed by atoms with E-state index in [9.17, 15) is 18.0 Å². The van der Waals surface area contributed by atoms with Gasteiger partial charge in [-0.3, -0.25) is 4.79 Å². The number of sulfone groups is 1. The van der Waals surface area contributed by atoms with Crippen LogP contribution in [0, 0.1) is 0 Å². The lowest BCUT2D eigenvalue weighted by molar-refractivity contribution is -0.140. The van der Waals surface area contributed by atoms with Crippen LogP contribution in [0.4, 0.5) is 0 Å². The molecule has 2 N–H and O–H groups in total. The number of carboxylic acid groups (broad SMARTS) is 1. The number of carbonyl (C=O) groups excluding carboxylic acids is 1. The summed E-state index contributed by atoms with van der Waals surface area (Å²) in [5.74, 6) is -2.45. The van der Waals surface area contributed by atoms with Crippen molar-refractivity contribution in [2.24, 2.45) is 0 Å². The number of carbonyl (C=O) groups is 2. The maximum absolute atomic E-state index is 11.8. The highest BCUT2D eigenvalue weighted by Crippen LogP contribution is 2.08. The van der Waals surface area contributed by atoms with Crippen LogP contribution < -0.4 is 10.1 Å². The van der Waals surface area contributed by atoms with Crippen molar-refractivity contribution >= 4 is 21.7 Å². The molecule has 8 heteroatoms. The number of amides is 1. The van der Waals surface area contributed by atoms with E-state index in [1.54, 1.807) is 30.3 Å². The van der Waals surface area contributed by atoms with E-state index >= 15 is 0 Å². The third-order valence-electron chi connectivity index (χ3n) is 2.50. The highest BCUT2D eigenvalue weighted by molar-refractivity contribution is 7.91. The molecule has 116 valence electrons. The van der Waals surface area contributed by atoms with E-state index in [-0.39, 0.29) is 12.4 Å². The Hall–Kier alpha value is -2.09. The van der Waals surface area contributed by atoms with E-state index in [1.165, 1.54) is 0 Å². The van der Waals surface area contributed by atoms with Crippen molar-refractivity contribution in [1.29, 1.82) is 0 Å². The average molecular weight is 315 g/mol. The van der Waals surface area contributed by atoms with E-state index < -0.39 is 33.5 Å². The van der Waals surface area contributed by atoms with E-state index in [0.717, 1.165) is 6.92 Å². The van der Waals surface area contributed by atoms with Gasteiger partial charge < -0.3 is 15.2 Å². The lowest BCUT2D eigenvalue weighted by Crippen LogP contribution is -2.45. The predicted molar refractivity (Wildman–Crippen MR) is 75.8 cm³/mol. The van der Waals surface area contributed by atoms with Crippen molar-refractivity contribution in [3.63, 3.8) is 0 Å². The third-order valence-corrected chi connectivity index (χ3v) is 4.13. The van der Waals surface area contributed by atoms with Crippen LogP contribution in [0.1, 0.15) is 6.92 Å². The Labute approximate surface area is 122 Å². The summed E-state index contributed by atoms with van der Waals surface area (Å²) >= 11 is 0. The van der Waals surface area contributed by atoms with Crippen LogP contribution in [0.5, 0.6) is 5.75 Å². The molecule has 0 saturated carbocycles. The molecular formula is C13H17NO6S. The molecule has 1 rings (SSSR count). The van der Waals surface area contributed by atoms with Crippen LogP contribution in [0.25, 0.3) is 0 Å². The van der Waals surface area contributed by atoms with Crippen molar-refractivity contribution in [2.75, 3.05) is 18.1 Å². The van der Waals surface area contributed by atoms with Crippen LogP contribution in [0.2, 0.25) is 0 Å². The maximum Gasteiger partial charge on any atom is 0.327 e. The molecule has 0 aliphatic rings. The van der Waals surface area contributed by atoms with Gasteiger partial charge in [0.25, 0.3) is 0 Å². The molecule has 21 heavy (non-hydrogen) atoms. The van der Waals surface area contributed by atoms with Crippen LogP contribution in [0.15, 0.2) is 30.3 Å². The minimum absolute atomic E-state index is 0.0846. The maximum atomic E-state index is 11.8. The second-order valence-corrected chi connectivity index (χ2v) is 6.60. The van der Waals surface area contributed by atoms with E-state index in [2.05, 4.69) is 5.32 Å². The second-order valence-electron chi connectivity index (χ2n) is 4.37. The Morgan fingerprint density at radius 1 is 1.29 bits per heavy atom. The van der Waals surface area contributed by atoms with Crippen molar-refractivity contribution < 1.29 is 27.9 Å². The first-order chi connectivity index (χ1) is 9.80. The molecule has 0 saturated heterocycles. The highest BCUT2D eigenvalue weighted by Gasteiger charge is 2.25. The number of benzene rings is 1. The summed E-state index contributed by atoms with van der Waals surface area (Å²) in [6.07, 6.45) is 0. The fourth-order valence-electron chi connectivity index (χ4n) is 1.56. The number of hydrogen-bond donors (Lipinski definition) is 2. The number of aliphatic carboxylic acids is 1. The number of carboxylic acids is 1. The summed E-state index contributed by atoms with van der Waals surface area (Å²) < 4.78 is 28.9. The number of hydrogen-bond acceptors (Lipinski definition) is 5. The minimum atomic E-state index is -3.66. The first kappa shape index (κ1) is 17.0. The fourth-order valence-corrected chi connectivity index (χ4v) is 2.80. The quantitative estimate of drug-likeness (QED) is 0.702. The molecule has 0 bridgehead atoms. The zero-order valence-electron chi connectivity index (χ0n) is 11.5. The van der Waals surface area contributed by atoms with Gasteiger partial charge in [0.05, 0.1) is 11.5 Å². The minimum Gasteiger partial charge on any atom is -0.493 e. The van der Waals surface area contributed by atoms with Crippen molar-refractivity contribution in [1.82, 2.24) is 5.32 Å². The zero-order valence-corrected chi connectivity index (χ0v) is 12.3. The summed E-state index contributed by atoms with van der Waals surface area (Å²) in [4.78, 5) is 21.7. The first-order valence-corrected chi connectivity index (χ1v) is 8.00. The van der Waals surface area contributed by atoms with Crippen LogP contribution in [-0.2, 0) is 19.4 Å². The van der Waals surface area contributed by atoms with Gasteiger partial charge in [0.1, 0.15) is 18.4 Å². The molecule has 7 nitrogen and oxygen atoms in total. The summed E-state index contributed by atoms with van der Waals surface area (Å²) in [6.45, 7) is 1.04. The molecule has 1 atom stereocenters. The lowest BCUT2D eigenvalue weighted by Gasteiger charge is -2.13. The molecule has 1 unspecified atom stereocenters. The van der Waals surface area contributed by atoms with Gasteiger partial charge >= 0.3 is 5.97 Å². The van der Waals surface area contributed by atoms with Crippen LogP contribution >= 0.6 is 0 Å². The van der Waals surface area contributed by atoms with E-state index in [4.69, 9.17) is 9.84 Å². The van der Waals surface area contributed by atoms with Gasteiger partial charge in [0.2, 0.25) is 5.91 Å². The fraction of sp³-hybridized carbons (Fsp3) is 0.385. The van der Waals surface area contributed by atoms with Gasteiger partial charge in [0, 0.05) is 6.92 Å². The summed E-state index contributed by atoms with van der Waals surface area (Å²) in [7, 11) is -3.66. The molecule has 0 aromatic heterocycles. The third kappa shape index (κ3) is 6.75. The second kappa shape index (κ2) is 7.63. The molecule has 0 aliphatic carbocycles. The smallest absolute Gasteiger partial charge is 0.327 e. The Morgan fingerprint density at radius 3 is 2.43 bits per heavy atom. The monoisotopic (exact) mass is 315 g/mol. The highest BCUT2D eigenvalue weighted by atomic mass is 32.2. The average Bonchev–Trinajstić information content (AvgIpc) is 2.38. The molecule has 1 aromatic carbocycles. The summed E-state index contributed by atoms with van der Waals surface area (Å²) in [6, 6.07) is 7.22. The topological polar surface area (TPSA) is 110 Å². The standard InChI is InChI=1S/C13H17NO6S/c1-10(15)14-12(13(16)17)9-21(18,19)8-7-20-11-5-3-2-4-6-11/h2-6,12H,7-9H2,1H3,(H,14,15)(H,16,17). The Morgan fingerprint density at radius 2 is 1.90 bits per heavy atom. The number of para-hydroxylation sites is 1. The zero-order chi connectivity index (χ0) is 15.9. The predicted octanol–water partition coefficient (Wildman–Crippen LogP) is 0.0695. The molecular weight excluding hydrogens is 298 g/mol. The van der Waals surface area contributed by atoms with E-state index in [1.807, 2.05) is 0 Å². The van der Waals surface area contributed by atoms with Crippen molar-refractivity contribution in [2.45, 2.75) is 13.0 Å². The Balaban J connectivity index is 2.52. The normalized spacial score (nSPS) is 12.4. The van der Waals surface area contributed by atoms with Gasteiger partial charge in [-0.1, -0.05) is 18.2 Å². The van der Waals surface area contributed by atoms with Crippen molar-refractivity contribution in [3.05, 3.63) is 30.3 Å². The molecule has 0 heterocycles. The van der Waals surface area contributed by atoms with E-state index in [0.29, 0.717) is 5.75 Å². The molecule has 0 radical (unpaired) electrons. The first-order valence-electron chi connectivity index (χ1n) is 6.18. The van der Waals surface area contributed by atoms with Gasteiger partial charge in [-0.2, -0.15) is 0 Å². The molecule has 0 fully saturated rings.